The molecule has 3 N–H and O–H groups in total. The summed E-state index contributed by atoms with van der Waals surface area (Å²) in [5.74, 6) is 1.70. The van der Waals surface area contributed by atoms with Gasteiger partial charge in [-0.25, -0.2) is 4.79 Å². The highest BCUT2D eigenvalue weighted by atomic mass is 16.5. The number of nitrogens with one attached hydrogen (secondary N) is 3. The zero-order valence-electron chi connectivity index (χ0n) is 14.3. The number of aromatic nitrogens is 2. The molecule has 2 amide bonds. The highest BCUT2D eigenvalue weighted by Crippen LogP contribution is 2.39. The lowest BCUT2D eigenvalue weighted by Crippen LogP contribution is -2.48. The highest BCUT2D eigenvalue weighted by Gasteiger charge is 2.30. The van der Waals surface area contributed by atoms with Gasteiger partial charge in [-0.15, -0.1) is 0 Å². The molecule has 25 heavy (non-hydrogen) atoms. The van der Waals surface area contributed by atoms with E-state index in [1.54, 1.807) is 0 Å². The second kappa shape index (κ2) is 6.48. The van der Waals surface area contributed by atoms with Gasteiger partial charge in [-0.3, -0.25) is 0 Å². The highest BCUT2D eigenvalue weighted by molar-refractivity contribution is 5.90. The average molecular weight is 341 g/mol. The van der Waals surface area contributed by atoms with E-state index in [0.29, 0.717) is 29.9 Å². The summed E-state index contributed by atoms with van der Waals surface area (Å²) in [6, 6.07) is 7.28. The lowest BCUT2D eigenvalue weighted by atomic mass is 10.0. The molecule has 4 rings (SSSR count). The van der Waals surface area contributed by atoms with Crippen LogP contribution in [0.3, 0.4) is 0 Å². The molecule has 1 aliphatic heterocycles. The smallest absolute Gasteiger partial charge is 0.319 e. The molecule has 132 valence electrons. The Labute approximate surface area is 146 Å². The SMILES string of the molecule is CC1(CNC(=O)Nc2cccc(-c3noc(C4CC4)n3)c2)CCCN1. The maximum atomic E-state index is 12.2. The van der Waals surface area contributed by atoms with Crippen molar-refractivity contribution in [2.45, 2.75) is 44.1 Å². The van der Waals surface area contributed by atoms with Gasteiger partial charge >= 0.3 is 6.03 Å². The minimum atomic E-state index is -0.209. The molecule has 2 aliphatic rings. The van der Waals surface area contributed by atoms with Crippen molar-refractivity contribution in [3.8, 4) is 11.4 Å². The van der Waals surface area contributed by atoms with Crippen LogP contribution in [0.1, 0.15) is 44.4 Å². The molecule has 7 nitrogen and oxygen atoms in total. The number of carbonyl (C=O) groups excluding carboxylic acids is 1. The lowest BCUT2D eigenvalue weighted by molar-refractivity contribution is 0.248. The van der Waals surface area contributed by atoms with Crippen LogP contribution in [0.15, 0.2) is 28.8 Å². The van der Waals surface area contributed by atoms with Gasteiger partial charge in [0.2, 0.25) is 11.7 Å². The zero-order chi connectivity index (χ0) is 17.3. The molecule has 0 radical (unpaired) electrons. The topological polar surface area (TPSA) is 92.1 Å². The van der Waals surface area contributed by atoms with Crippen LogP contribution in [0, 0.1) is 0 Å². The Morgan fingerprint density at radius 1 is 1.44 bits per heavy atom. The van der Waals surface area contributed by atoms with Crippen LogP contribution in [-0.2, 0) is 0 Å². The van der Waals surface area contributed by atoms with Crippen molar-refractivity contribution in [2.75, 3.05) is 18.4 Å². The summed E-state index contributed by atoms with van der Waals surface area (Å²) in [6.45, 7) is 3.75. The number of urea groups is 1. The Hall–Kier alpha value is -2.41. The maximum Gasteiger partial charge on any atom is 0.319 e. The van der Waals surface area contributed by atoms with Crippen LogP contribution >= 0.6 is 0 Å². The number of hydrogen-bond donors (Lipinski definition) is 3. The van der Waals surface area contributed by atoms with Crippen LogP contribution in [0.5, 0.6) is 0 Å². The fourth-order valence-electron chi connectivity index (χ4n) is 3.14. The van der Waals surface area contributed by atoms with Gasteiger partial charge in [0.25, 0.3) is 0 Å². The van der Waals surface area contributed by atoms with Gasteiger partial charge in [0, 0.05) is 29.3 Å². The van der Waals surface area contributed by atoms with Crippen molar-refractivity contribution in [3.05, 3.63) is 30.2 Å². The molecule has 1 aromatic carbocycles. The largest absolute Gasteiger partial charge is 0.339 e. The normalized spacial score (nSPS) is 22.8. The van der Waals surface area contributed by atoms with Crippen molar-refractivity contribution in [1.82, 2.24) is 20.8 Å². The average Bonchev–Trinajstić information content (AvgIpc) is 3.17. The van der Waals surface area contributed by atoms with Crippen LogP contribution in [0.25, 0.3) is 11.4 Å². The van der Waals surface area contributed by atoms with E-state index < -0.39 is 0 Å². The van der Waals surface area contributed by atoms with Gasteiger partial charge in [0.1, 0.15) is 0 Å². The Bertz CT molecular complexity index is 762. The first-order valence-electron chi connectivity index (χ1n) is 8.85. The van der Waals surface area contributed by atoms with Crippen LogP contribution < -0.4 is 16.0 Å². The second-order valence-electron chi connectivity index (χ2n) is 7.21. The predicted octanol–water partition coefficient (Wildman–Crippen LogP) is 2.88. The summed E-state index contributed by atoms with van der Waals surface area (Å²) in [4.78, 5) is 16.6. The summed E-state index contributed by atoms with van der Waals surface area (Å²) in [5, 5.41) is 13.3. The van der Waals surface area contributed by atoms with Gasteiger partial charge < -0.3 is 20.5 Å². The molecule has 0 spiro atoms. The van der Waals surface area contributed by atoms with E-state index in [0.717, 1.165) is 37.8 Å². The van der Waals surface area contributed by atoms with Crippen LogP contribution in [0.4, 0.5) is 10.5 Å². The van der Waals surface area contributed by atoms with Gasteiger partial charge in [-0.2, -0.15) is 4.98 Å². The van der Waals surface area contributed by atoms with Crippen molar-refractivity contribution in [1.29, 1.82) is 0 Å². The Morgan fingerprint density at radius 2 is 2.32 bits per heavy atom. The number of anilines is 1. The first-order valence-corrected chi connectivity index (χ1v) is 8.85. The number of amides is 2. The van der Waals surface area contributed by atoms with Gasteiger partial charge in [-0.1, -0.05) is 17.3 Å². The molecule has 2 aromatic rings. The molecule has 1 unspecified atom stereocenters. The monoisotopic (exact) mass is 341 g/mol. The zero-order valence-corrected chi connectivity index (χ0v) is 14.3. The summed E-state index contributed by atoms with van der Waals surface area (Å²) < 4.78 is 5.30. The number of carbonyl (C=O) groups is 1. The van der Waals surface area contributed by atoms with Crippen molar-refractivity contribution in [2.24, 2.45) is 0 Å². The van der Waals surface area contributed by atoms with Crippen molar-refractivity contribution < 1.29 is 9.32 Å². The maximum absolute atomic E-state index is 12.2. The number of hydrogen-bond acceptors (Lipinski definition) is 5. The van der Waals surface area contributed by atoms with Gasteiger partial charge in [-0.05, 0) is 51.3 Å². The van der Waals surface area contributed by atoms with Gasteiger partial charge in [0.15, 0.2) is 0 Å². The van der Waals surface area contributed by atoms with E-state index in [4.69, 9.17) is 4.52 Å². The number of nitrogens with zero attached hydrogens (tertiary/aromatic N) is 2. The van der Waals surface area contributed by atoms with Gasteiger partial charge in [0.05, 0.1) is 0 Å². The minimum absolute atomic E-state index is 0.0109. The molecule has 1 saturated carbocycles. The van der Waals surface area contributed by atoms with Crippen LogP contribution in [0.2, 0.25) is 0 Å². The molecule has 1 atom stereocenters. The van der Waals surface area contributed by atoms with Crippen molar-refractivity contribution in [3.63, 3.8) is 0 Å². The van der Waals surface area contributed by atoms with E-state index in [1.165, 1.54) is 0 Å². The summed E-state index contributed by atoms with van der Waals surface area (Å²) >= 11 is 0. The number of rotatable bonds is 5. The first kappa shape index (κ1) is 16.1. The minimum Gasteiger partial charge on any atom is -0.339 e. The third-order valence-electron chi connectivity index (χ3n) is 4.84. The first-order chi connectivity index (χ1) is 12.1. The fourth-order valence-corrected chi connectivity index (χ4v) is 3.14. The summed E-state index contributed by atoms with van der Waals surface area (Å²) in [6.07, 6.45) is 4.47. The molecule has 1 saturated heterocycles. The number of benzene rings is 1. The Balaban J connectivity index is 1.38. The molecule has 0 bridgehead atoms. The molecular weight excluding hydrogens is 318 g/mol. The summed E-state index contributed by atoms with van der Waals surface area (Å²) in [7, 11) is 0. The molecule has 1 aromatic heterocycles. The molecular formula is C18H23N5O2. The lowest BCUT2D eigenvalue weighted by Gasteiger charge is -2.24. The molecule has 2 fully saturated rings. The van der Waals surface area contributed by atoms with Crippen molar-refractivity contribution >= 4 is 11.7 Å². The Kier molecular flexibility index (Phi) is 4.17. The standard InChI is InChI=1S/C18H23N5O2/c1-18(8-3-9-20-18)11-19-17(24)21-14-5-2-4-13(10-14)15-22-16(25-23-15)12-6-7-12/h2,4-5,10,12,20H,3,6-9,11H2,1H3,(H2,19,21,24). The molecule has 7 heteroatoms. The van der Waals surface area contributed by atoms with E-state index >= 15 is 0 Å². The van der Waals surface area contributed by atoms with E-state index in [1.807, 2.05) is 24.3 Å². The van der Waals surface area contributed by atoms with E-state index in [2.05, 4.69) is 33.0 Å². The fraction of sp³-hybridized carbons (Fsp3) is 0.500. The second-order valence-corrected chi connectivity index (χ2v) is 7.21. The predicted molar refractivity (Wildman–Crippen MR) is 94.4 cm³/mol. The molecule has 2 heterocycles. The third-order valence-corrected chi connectivity index (χ3v) is 4.84. The third kappa shape index (κ3) is 3.82. The molecule has 1 aliphatic carbocycles. The van der Waals surface area contributed by atoms with E-state index in [9.17, 15) is 4.79 Å². The summed E-state index contributed by atoms with van der Waals surface area (Å²) in [5.41, 5.74) is 1.53. The Morgan fingerprint density at radius 3 is 3.08 bits per heavy atom. The van der Waals surface area contributed by atoms with E-state index in [-0.39, 0.29) is 11.6 Å². The van der Waals surface area contributed by atoms with Crippen LogP contribution in [-0.4, -0.2) is 34.8 Å². The quantitative estimate of drug-likeness (QED) is 0.778.